The summed E-state index contributed by atoms with van der Waals surface area (Å²) in [6.07, 6.45) is 0. The number of nitro groups is 1. The number of nitro benzene ring substituents is 1. The van der Waals surface area contributed by atoms with Gasteiger partial charge in [0, 0.05) is 11.1 Å². The van der Waals surface area contributed by atoms with E-state index in [0.717, 1.165) is 5.69 Å². The van der Waals surface area contributed by atoms with Gasteiger partial charge in [-0.25, -0.2) is 9.37 Å². The number of nitrogens with one attached hydrogen (secondary N) is 1. The maximum Gasteiger partial charge on any atom is 0.308 e. The molecule has 1 aromatic carbocycles. The molecule has 0 bridgehead atoms. The number of carbonyl (C=O) groups is 1. The third kappa shape index (κ3) is 3.37. The highest BCUT2D eigenvalue weighted by Gasteiger charge is 2.24. The van der Waals surface area contributed by atoms with Crippen molar-refractivity contribution in [2.45, 2.75) is 13.5 Å². The summed E-state index contributed by atoms with van der Waals surface area (Å²) in [4.78, 5) is 25.4. The van der Waals surface area contributed by atoms with Crippen molar-refractivity contribution in [1.29, 1.82) is 0 Å². The second-order valence-electron chi connectivity index (χ2n) is 4.11. The van der Waals surface area contributed by atoms with Gasteiger partial charge in [-0.1, -0.05) is 0 Å². The molecule has 0 radical (unpaired) electrons. The third-order valence-electron chi connectivity index (χ3n) is 2.53. The highest BCUT2D eigenvalue weighted by atomic mass is 32.1. The Labute approximate surface area is 121 Å². The number of hydrogen-bond acceptors (Lipinski definition) is 5. The van der Waals surface area contributed by atoms with Gasteiger partial charge in [-0.3, -0.25) is 14.9 Å². The van der Waals surface area contributed by atoms with Crippen LogP contribution in [0.1, 0.15) is 21.1 Å². The summed E-state index contributed by atoms with van der Waals surface area (Å²) >= 11 is 1.30. The maximum absolute atomic E-state index is 13.8. The minimum absolute atomic E-state index is 0.0289. The van der Waals surface area contributed by atoms with Crippen LogP contribution in [0.15, 0.2) is 17.5 Å². The molecule has 0 aliphatic rings. The van der Waals surface area contributed by atoms with Crippen molar-refractivity contribution in [2.75, 3.05) is 0 Å². The Morgan fingerprint density at radius 3 is 2.76 bits per heavy atom. The van der Waals surface area contributed by atoms with Crippen LogP contribution in [-0.2, 0) is 6.54 Å². The molecule has 2 rings (SSSR count). The number of amides is 1. The van der Waals surface area contributed by atoms with Crippen LogP contribution in [0.2, 0.25) is 0 Å². The quantitative estimate of drug-likeness (QED) is 0.694. The standard InChI is InChI=1S/C12H9F2N3O3S/c1-6-5-21-10(16-6)4-15-12(18)8-2-7(13)3-9(11(8)14)17(19)20/h2-3,5H,4H2,1H3,(H,15,18). The normalized spacial score (nSPS) is 10.4. The van der Waals surface area contributed by atoms with Crippen molar-refractivity contribution in [3.8, 4) is 0 Å². The first-order valence-corrected chi connectivity index (χ1v) is 6.59. The second kappa shape index (κ2) is 5.92. The zero-order valence-corrected chi connectivity index (χ0v) is 11.5. The molecule has 2 aromatic rings. The van der Waals surface area contributed by atoms with Crippen LogP contribution in [0.25, 0.3) is 0 Å². The Bertz CT molecular complexity index is 718. The number of aromatic nitrogens is 1. The summed E-state index contributed by atoms with van der Waals surface area (Å²) in [7, 11) is 0. The first-order chi connectivity index (χ1) is 9.88. The van der Waals surface area contributed by atoms with Crippen LogP contribution in [0.4, 0.5) is 14.5 Å². The van der Waals surface area contributed by atoms with Crippen molar-refractivity contribution in [3.63, 3.8) is 0 Å². The molecule has 0 atom stereocenters. The van der Waals surface area contributed by atoms with Gasteiger partial charge in [0.15, 0.2) is 0 Å². The molecule has 1 heterocycles. The summed E-state index contributed by atoms with van der Waals surface area (Å²) in [6.45, 7) is 1.80. The number of halogens is 2. The van der Waals surface area contributed by atoms with Crippen molar-refractivity contribution in [1.82, 2.24) is 10.3 Å². The van der Waals surface area contributed by atoms with E-state index in [1.807, 2.05) is 0 Å². The first kappa shape index (κ1) is 15.0. The number of thiazole rings is 1. The van der Waals surface area contributed by atoms with Crippen molar-refractivity contribution >= 4 is 22.9 Å². The van der Waals surface area contributed by atoms with Crippen LogP contribution >= 0.6 is 11.3 Å². The first-order valence-electron chi connectivity index (χ1n) is 5.71. The molecular weight excluding hydrogens is 304 g/mol. The average molecular weight is 313 g/mol. The number of benzene rings is 1. The van der Waals surface area contributed by atoms with Gasteiger partial charge in [0.2, 0.25) is 5.82 Å². The lowest BCUT2D eigenvalue weighted by Gasteiger charge is -2.05. The van der Waals surface area contributed by atoms with Gasteiger partial charge in [0.05, 0.1) is 23.1 Å². The largest absolute Gasteiger partial charge is 0.345 e. The van der Waals surface area contributed by atoms with Crippen LogP contribution in [0.3, 0.4) is 0 Å². The molecule has 1 amide bonds. The second-order valence-corrected chi connectivity index (χ2v) is 5.05. The number of rotatable bonds is 4. The highest BCUT2D eigenvalue weighted by Crippen LogP contribution is 2.22. The van der Waals surface area contributed by atoms with Gasteiger partial charge in [0.1, 0.15) is 10.8 Å². The minimum Gasteiger partial charge on any atom is -0.345 e. The van der Waals surface area contributed by atoms with Gasteiger partial charge < -0.3 is 5.32 Å². The molecule has 21 heavy (non-hydrogen) atoms. The lowest BCUT2D eigenvalue weighted by Crippen LogP contribution is -2.24. The maximum atomic E-state index is 13.8. The molecule has 6 nitrogen and oxygen atoms in total. The Morgan fingerprint density at radius 1 is 1.48 bits per heavy atom. The minimum atomic E-state index is -1.37. The van der Waals surface area contributed by atoms with Gasteiger partial charge in [-0.15, -0.1) is 11.3 Å². The summed E-state index contributed by atoms with van der Waals surface area (Å²) in [5.41, 5.74) is -1.02. The SMILES string of the molecule is Cc1csc(CNC(=O)c2cc(F)cc([N+](=O)[O-])c2F)n1. The van der Waals surface area contributed by atoms with E-state index in [-0.39, 0.29) is 6.54 Å². The van der Waals surface area contributed by atoms with E-state index >= 15 is 0 Å². The Hall–Kier alpha value is -2.42. The monoisotopic (exact) mass is 313 g/mol. The lowest BCUT2D eigenvalue weighted by atomic mass is 10.1. The Morgan fingerprint density at radius 2 is 2.19 bits per heavy atom. The fourth-order valence-corrected chi connectivity index (χ4v) is 2.32. The van der Waals surface area contributed by atoms with E-state index in [0.29, 0.717) is 17.1 Å². The number of hydrogen-bond donors (Lipinski definition) is 1. The third-order valence-corrected chi connectivity index (χ3v) is 3.49. The molecule has 0 aliphatic carbocycles. The van der Waals surface area contributed by atoms with Crippen LogP contribution < -0.4 is 5.32 Å². The zero-order valence-electron chi connectivity index (χ0n) is 10.7. The average Bonchev–Trinajstić information content (AvgIpc) is 2.83. The molecule has 0 aliphatic heterocycles. The summed E-state index contributed by atoms with van der Waals surface area (Å²) in [5, 5.41) is 15.3. The summed E-state index contributed by atoms with van der Waals surface area (Å²) in [6, 6.07) is 1.04. The van der Waals surface area contributed by atoms with Crippen LogP contribution in [0.5, 0.6) is 0 Å². The summed E-state index contributed by atoms with van der Waals surface area (Å²) < 4.78 is 27.0. The van der Waals surface area contributed by atoms with Gasteiger partial charge >= 0.3 is 5.69 Å². The number of aryl methyl sites for hydroxylation is 1. The molecule has 0 saturated carbocycles. The Balaban J connectivity index is 2.21. The predicted octanol–water partition coefficient (Wildman–Crippen LogP) is 2.57. The van der Waals surface area contributed by atoms with Crippen LogP contribution in [0, 0.1) is 28.7 Å². The van der Waals surface area contributed by atoms with E-state index in [1.165, 1.54) is 11.3 Å². The topological polar surface area (TPSA) is 85.1 Å². The van der Waals surface area contributed by atoms with Crippen molar-refractivity contribution < 1.29 is 18.5 Å². The Kier molecular flexibility index (Phi) is 4.22. The van der Waals surface area contributed by atoms with Gasteiger partial charge in [-0.05, 0) is 13.0 Å². The van der Waals surface area contributed by atoms with Crippen molar-refractivity contribution in [2.24, 2.45) is 0 Å². The fraction of sp³-hybridized carbons (Fsp3) is 0.167. The number of carbonyl (C=O) groups excluding carboxylic acids is 1. The molecule has 0 saturated heterocycles. The van der Waals surface area contributed by atoms with E-state index in [1.54, 1.807) is 12.3 Å². The smallest absolute Gasteiger partial charge is 0.308 e. The number of nitrogens with zero attached hydrogens (tertiary/aromatic N) is 2. The molecule has 0 unspecified atom stereocenters. The van der Waals surface area contributed by atoms with Crippen LogP contribution in [-0.4, -0.2) is 15.8 Å². The van der Waals surface area contributed by atoms with Crippen molar-refractivity contribution in [3.05, 3.63) is 55.5 Å². The lowest BCUT2D eigenvalue weighted by molar-refractivity contribution is -0.387. The molecule has 9 heteroatoms. The molecule has 1 aromatic heterocycles. The molecule has 1 N–H and O–H groups in total. The molecule has 0 spiro atoms. The van der Waals surface area contributed by atoms with E-state index in [2.05, 4.69) is 10.3 Å². The van der Waals surface area contributed by atoms with E-state index < -0.39 is 33.7 Å². The van der Waals surface area contributed by atoms with Gasteiger partial charge in [-0.2, -0.15) is 4.39 Å². The highest BCUT2D eigenvalue weighted by molar-refractivity contribution is 7.09. The fourth-order valence-electron chi connectivity index (χ4n) is 1.61. The molecular formula is C12H9F2N3O3S. The van der Waals surface area contributed by atoms with E-state index in [9.17, 15) is 23.7 Å². The summed E-state index contributed by atoms with van der Waals surface area (Å²) in [5.74, 6) is -3.37. The molecule has 110 valence electrons. The van der Waals surface area contributed by atoms with E-state index in [4.69, 9.17) is 0 Å². The molecule has 0 fully saturated rings. The zero-order chi connectivity index (χ0) is 15.6. The predicted molar refractivity (Wildman–Crippen MR) is 71.0 cm³/mol. The van der Waals surface area contributed by atoms with Gasteiger partial charge in [0.25, 0.3) is 5.91 Å².